The smallest absolute Gasteiger partial charge is 0.329 e. The Labute approximate surface area is 96.2 Å². The van der Waals surface area contributed by atoms with Crippen LogP contribution in [0.25, 0.3) is 0 Å². The Bertz CT molecular complexity index is 219. The van der Waals surface area contributed by atoms with Gasteiger partial charge in [0.25, 0.3) is 0 Å². The maximum atomic E-state index is 9.90. The van der Waals surface area contributed by atoms with Crippen LogP contribution in [0.5, 0.6) is 0 Å². The molecule has 17 heavy (non-hydrogen) atoms. The molecule has 9 nitrogen and oxygen atoms in total. The minimum atomic E-state index is -1.79. The highest BCUT2D eigenvalue weighted by atomic mass is 16.4. The molecular weight excluding hydrogens is 240 g/mol. The van der Waals surface area contributed by atoms with Crippen molar-refractivity contribution in [1.29, 1.82) is 0 Å². The van der Waals surface area contributed by atoms with Crippen molar-refractivity contribution in [2.45, 2.75) is 24.4 Å². The summed E-state index contributed by atoms with van der Waals surface area (Å²) in [6.07, 6.45) is -6.84. The Morgan fingerprint density at radius 1 is 1.06 bits per heavy atom. The third-order valence-corrected chi connectivity index (χ3v) is 1.56. The summed E-state index contributed by atoms with van der Waals surface area (Å²) in [4.78, 5) is 19.0. The second-order valence-electron chi connectivity index (χ2n) is 2.91. The molecule has 0 aliphatic heterocycles. The number of hydrogen-bond acceptors (Lipinski definition) is 8. The fourth-order valence-electron chi connectivity index (χ4n) is 0.618. The van der Waals surface area contributed by atoms with Gasteiger partial charge >= 0.3 is 5.97 Å². The van der Waals surface area contributed by atoms with Crippen LogP contribution in [0, 0.1) is 0 Å². The first-order chi connectivity index (χ1) is 7.81. The molecule has 0 aromatic carbocycles. The van der Waals surface area contributed by atoms with Crippen LogP contribution in [-0.2, 0) is 9.59 Å². The van der Waals surface area contributed by atoms with E-state index in [9.17, 15) is 4.79 Å². The fourth-order valence-corrected chi connectivity index (χ4v) is 0.618. The van der Waals surface area contributed by atoms with Gasteiger partial charge in [0, 0.05) is 0 Å². The van der Waals surface area contributed by atoms with Gasteiger partial charge in [-0.1, -0.05) is 0 Å². The number of aliphatic hydroxyl groups is 6. The summed E-state index contributed by atoms with van der Waals surface area (Å²) in [6, 6.07) is 0. The maximum Gasteiger partial charge on any atom is 0.329 e. The van der Waals surface area contributed by atoms with E-state index in [-0.39, 0.29) is 6.29 Å². The Kier molecular flexibility index (Phi) is 10.8. The number of carbonyl (C=O) groups is 2. The standard InChI is InChI=1S/C6H12O6.C2H4O3/c7-1-3(9)5(11)6(12)4(10)2-8;3-1-2(4)5/h1,3-6,8-12H,2H2;3H,1H2,(H,4,5)/t3-,4+,5+,6+;/m0./s1. The molecule has 9 heteroatoms. The van der Waals surface area contributed by atoms with Crippen LogP contribution < -0.4 is 0 Å². The molecule has 7 N–H and O–H groups in total. The largest absolute Gasteiger partial charge is 0.480 e. The molecule has 0 saturated carbocycles. The van der Waals surface area contributed by atoms with Gasteiger partial charge < -0.3 is 40.5 Å². The molecule has 102 valence electrons. The second-order valence-corrected chi connectivity index (χ2v) is 2.91. The fraction of sp³-hybridized carbons (Fsp3) is 0.750. The van der Waals surface area contributed by atoms with E-state index in [0.717, 1.165) is 0 Å². The predicted molar refractivity (Wildman–Crippen MR) is 51.9 cm³/mol. The average Bonchev–Trinajstić information content (AvgIpc) is 2.35. The van der Waals surface area contributed by atoms with E-state index in [2.05, 4.69) is 0 Å². The van der Waals surface area contributed by atoms with E-state index in [4.69, 9.17) is 40.5 Å². The van der Waals surface area contributed by atoms with Crippen LogP contribution in [0.1, 0.15) is 0 Å². The quantitative estimate of drug-likeness (QED) is 0.232. The molecule has 0 bridgehead atoms. The number of aliphatic carboxylic acids is 1. The molecule has 0 amide bonds. The SMILES string of the molecule is O=C(O)CO.O=C[C@H](O)[C@@H](O)[C@H](O)[C@H](O)CO. The van der Waals surface area contributed by atoms with Gasteiger partial charge in [-0.05, 0) is 0 Å². The number of carboxylic acid groups (broad SMARTS) is 1. The molecule has 0 heterocycles. The van der Waals surface area contributed by atoms with Gasteiger partial charge in [-0.25, -0.2) is 4.79 Å². The van der Waals surface area contributed by atoms with Crippen LogP contribution in [0.2, 0.25) is 0 Å². The number of carbonyl (C=O) groups excluding carboxylic acids is 1. The van der Waals surface area contributed by atoms with Crippen molar-refractivity contribution in [2.75, 3.05) is 13.2 Å². The van der Waals surface area contributed by atoms with E-state index in [1.807, 2.05) is 0 Å². The summed E-state index contributed by atoms with van der Waals surface area (Å²) in [5.41, 5.74) is 0. The van der Waals surface area contributed by atoms with Crippen molar-refractivity contribution in [3.8, 4) is 0 Å². The van der Waals surface area contributed by atoms with E-state index < -0.39 is 43.6 Å². The van der Waals surface area contributed by atoms with Crippen molar-refractivity contribution in [3.05, 3.63) is 0 Å². The molecule has 4 atom stereocenters. The summed E-state index contributed by atoms with van der Waals surface area (Å²) in [6.45, 7) is -1.54. The molecule has 0 aliphatic carbocycles. The van der Waals surface area contributed by atoms with Crippen LogP contribution in [0.3, 0.4) is 0 Å². The van der Waals surface area contributed by atoms with Crippen molar-refractivity contribution in [2.24, 2.45) is 0 Å². The monoisotopic (exact) mass is 256 g/mol. The Hall–Kier alpha value is -1.10. The number of aliphatic hydroxyl groups excluding tert-OH is 6. The van der Waals surface area contributed by atoms with Crippen molar-refractivity contribution in [1.82, 2.24) is 0 Å². The molecular formula is C8H16O9. The van der Waals surface area contributed by atoms with Gasteiger partial charge in [-0.15, -0.1) is 0 Å². The van der Waals surface area contributed by atoms with Gasteiger partial charge in [-0.3, -0.25) is 0 Å². The average molecular weight is 256 g/mol. The first kappa shape index (κ1) is 18.3. The third kappa shape index (κ3) is 8.68. The van der Waals surface area contributed by atoms with Crippen LogP contribution in [0.4, 0.5) is 0 Å². The first-order valence-corrected chi connectivity index (χ1v) is 4.42. The summed E-state index contributed by atoms with van der Waals surface area (Å²) in [5.74, 6) is -1.19. The van der Waals surface area contributed by atoms with Crippen molar-refractivity contribution in [3.63, 3.8) is 0 Å². The minimum Gasteiger partial charge on any atom is -0.480 e. The topological polar surface area (TPSA) is 176 Å². The molecule has 0 fully saturated rings. The first-order valence-electron chi connectivity index (χ1n) is 4.42. The molecule has 0 saturated heterocycles. The highest BCUT2D eigenvalue weighted by molar-refractivity contribution is 5.67. The van der Waals surface area contributed by atoms with Gasteiger partial charge in [-0.2, -0.15) is 0 Å². The number of carboxylic acids is 1. The minimum absolute atomic E-state index is 0.0258. The van der Waals surface area contributed by atoms with E-state index in [1.165, 1.54) is 0 Å². The third-order valence-electron chi connectivity index (χ3n) is 1.56. The lowest BCUT2D eigenvalue weighted by Crippen LogP contribution is -2.46. The number of rotatable bonds is 6. The lowest BCUT2D eigenvalue weighted by molar-refractivity contribution is -0.140. The maximum absolute atomic E-state index is 9.90. The highest BCUT2D eigenvalue weighted by Crippen LogP contribution is 2.02. The van der Waals surface area contributed by atoms with Crippen molar-refractivity contribution < 1.29 is 45.3 Å². The second kappa shape index (κ2) is 10.1. The highest BCUT2D eigenvalue weighted by Gasteiger charge is 2.29. The summed E-state index contributed by atoms with van der Waals surface area (Å²) < 4.78 is 0. The predicted octanol–water partition coefficient (Wildman–Crippen LogP) is -4.32. The number of hydrogen-bond donors (Lipinski definition) is 7. The zero-order valence-electron chi connectivity index (χ0n) is 8.75. The molecule has 0 spiro atoms. The molecule has 0 aliphatic rings. The summed E-state index contributed by atoms with van der Waals surface area (Å²) in [7, 11) is 0. The summed E-state index contributed by atoms with van der Waals surface area (Å²) >= 11 is 0. The van der Waals surface area contributed by atoms with Crippen molar-refractivity contribution >= 4 is 12.3 Å². The Morgan fingerprint density at radius 2 is 1.47 bits per heavy atom. The molecule has 0 aromatic heterocycles. The van der Waals surface area contributed by atoms with Gasteiger partial charge in [0.2, 0.25) is 0 Å². The lowest BCUT2D eigenvalue weighted by atomic mass is 10.0. The number of aldehydes is 1. The normalized spacial score (nSPS) is 17.1. The van der Waals surface area contributed by atoms with E-state index >= 15 is 0 Å². The molecule has 0 aromatic rings. The van der Waals surface area contributed by atoms with Crippen LogP contribution in [0.15, 0.2) is 0 Å². The summed E-state index contributed by atoms with van der Waals surface area (Å²) in [5, 5.41) is 58.6. The zero-order valence-corrected chi connectivity index (χ0v) is 8.75. The van der Waals surface area contributed by atoms with E-state index in [1.54, 1.807) is 0 Å². The Balaban J connectivity index is 0. The van der Waals surface area contributed by atoms with Gasteiger partial charge in [0.05, 0.1) is 6.61 Å². The van der Waals surface area contributed by atoms with Crippen LogP contribution >= 0.6 is 0 Å². The lowest BCUT2D eigenvalue weighted by Gasteiger charge is -2.22. The molecule has 0 unspecified atom stereocenters. The van der Waals surface area contributed by atoms with Gasteiger partial charge in [0.15, 0.2) is 6.29 Å². The molecule has 0 rings (SSSR count). The molecule has 0 radical (unpaired) electrons. The van der Waals surface area contributed by atoms with E-state index in [0.29, 0.717) is 0 Å². The zero-order chi connectivity index (χ0) is 14.0. The van der Waals surface area contributed by atoms with Crippen LogP contribution in [-0.4, -0.2) is 85.6 Å². The Morgan fingerprint density at radius 3 is 1.71 bits per heavy atom. The van der Waals surface area contributed by atoms with Gasteiger partial charge in [0.1, 0.15) is 31.0 Å².